The van der Waals surface area contributed by atoms with Crippen molar-refractivity contribution in [3.05, 3.63) is 47.5 Å². The zero-order valence-corrected chi connectivity index (χ0v) is 17.9. The van der Waals surface area contributed by atoms with Crippen LogP contribution in [0.4, 0.5) is 5.69 Å². The number of nitrogens with one attached hydrogen (secondary N) is 1. The quantitative estimate of drug-likeness (QED) is 0.747. The Morgan fingerprint density at radius 2 is 1.86 bits per heavy atom. The minimum Gasteiger partial charge on any atom is -0.493 e. The molecule has 1 aliphatic heterocycles. The molecule has 156 valence electrons. The van der Waals surface area contributed by atoms with Gasteiger partial charge in [-0.25, -0.2) is 13.1 Å². The summed E-state index contributed by atoms with van der Waals surface area (Å²) in [5.41, 5.74) is 2.59. The molecule has 1 amide bonds. The summed E-state index contributed by atoms with van der Waals surface area (Å²) in [4.78, 5) is 13.8. The van der Waals surface area contributed by atoms with Crippen LogP contribution in [0.1, 0.15) is 25.0 Å². The third-order valence-corrected chi connectivity index (χ3v) is 6.53. The molecule has 8 heteroatoms. The highest BCUT2D eigenvalue weighted by atomic mass is 32.2. The van der Waals surface area contributed by atoms with Crippen LogP contribution in [0, 0.1) is 0 Å². The SMILES string of the molecule is COc1ccc(CCNS(=O)(=O)c2ccc3c(c2)C[C@@H](C)N3C(C)=O)cc1OC. The van der Waals surface area contributed by atoms with E-state index in [2.05, 4.69) is 4.72 Å². The maximum atomic E-state index is 12.7. The number of methoxy groups -OCH3 is 2. The molecule has 2 aromatic carbocycles. The number of hydrogen-bond acceptors (Lipinski definition) is 5. The van der Waals surface area contributed by atoms with Gasteiger partial charge in [-0.2, -0.15) is 0 Å². The summed E-state index contributed by atoms with van der Waals surface area (Å²) in [5.74, 6) is 1.19. The van der Waals surface area contributed by atoms with Crippen LogP contribution in [0.2, 0.25) is 0 Å². The number of rotatable bonds is 7. The fraction of sp³-hybridized carbons (Fsp3) is 0.381. The van der Waals surface area contributed by atoms with Crippen LogP contribution >= 0.6 is 0 Å². The van der Waals surface area contributed by atoms with Crippen molar-refractivity contribution in [2.75, 3.05) is 25.7 Å². The number of benzene rings is 2. The summed E-state index contributed by atoms with van der Waals surface area (Å²) < 4.78 is 38.6. The summed E-state index contributed by atoms with van der Waals surface area (Å²) in [5, 5.41) is 0. The number of fused-ring (bicyclic) bond motifs is 1. The van der Waals surface area contributed by atoms with E-state index in [9.17, 15) is 13.2 Å². The van der Waals surface area contributed by atoms with Gasteiger partial charge in [-0.3, -0.25) is 4.79 Å². The van der Waals surface area contributed by atoms with E-state index in [4.69, 9.17) is 9.47 Å². The lowest BCUT2D eigenvalue weighted by molar-refractivity contribution is -0.116. The van der Waals surface area contributed by atoms with Crippen LogP contribution in [-0.4, -0.2) is 41.1 Å². The molecule has 0 saturated carbocycles. The number of carbonyl (C=O) groups is 1. The lowest BCUT2D eigenvalue weighted by atomic mass is 10.1. The Morgan fingerprint density at radius 3 is 2.52 bits per heavy atom. The Morgan fingerprint density at radius 1 is 1.14 bits per heavy atom. The smallest absolute Gasteiger partial charge is 0.240 e. The normalized spacial score (nSPS) is 15.9. The molecule has 3 rings (SSSR count). The highest BCUT2D eigenvalue weighted by Gasteiger charge is 2.30. The van der Waals surface area contributed by atoms with Crippen LogP contribution in [-0.2, 0) is 27.7 Å². The highest BCUT2D eigenvalue weighted by molar-refractivity contribution is 7.89. The zero-order valence-electron chi connectivity index (χ0n) is 17.1. The fourth-order valence-corrected chi connectivity index (χ4v) is 4.79. The minimum absolute atomic E-state index is 0.0264. The van der Waals surface area contributed by atoms with Crippen LogP contribution < -0.4 is 19.1 Å². The van der Waals surface area contributed by atoms with Gasteiger partial charge in [0.15, 0.2) is 11.5 Å². The number of anilines is 1. The van der Waals surface area contributed by atoms with Crippen LogP contribution in [0.3, 0.4) is 0 Å². The van der Waals surface area contributed by atoms with Gasteiger partial charge in [-0.1, -0.05) is 6.07 Å². The monoisotopic (exact) mass is 418 g/mol. The summed E-state index contributed by atoms with van der Waals surface area (Å²) in [6.45, 7) is 3.73. The molecule has 1 aliphatic rings. The van der Waals surface area contributed by atoms with Gasteiger partial charge in [0, 0.05) is 25.2 Å². The molecule has 2 aromatic rings. The first-order valence-corrected chi connectivity index (χ1v) is 10.9. The van der Waals surface area contributed by atoms with Gasteiger partial charge < -0.3 is 14.4 Å². The van der Waals surface area contributed by atoms with Gasteiger partial charge in [0.25, 0.3) is 0 Å². The molecular formula is C21H26N2O5S. The van der Waals surface area contributed by atoms with Gasteiger partial charge in [0.05, 0.1) is 19.1 Å². The maximum Gasteiger partial charge on any atom is 0.240 e. The summed E-state index contributed by atoms with van der Waals surface area (Å²) in [6, 6.07) is 10.5. The van der Waals surface area contributed by atoms with E-state index in [1.165, 1.54) is 6.92 Å². The third kappa shape index (κ3) is 4.38. The minimum atomic E-state index is -3.65. The first kappa shape index (κ1) is 21.1. The molecule has 0 saturated heterocycles. The average Bonchev–Trinajstić information content (AvgIpc) is 3.02. The van der Waals surface area contributed by atoms with Crippen molar-refractivity contribution >= 4 is 21.6 Å². The summed E-state index contributed by atoms with van der Waals surface area (Å²) in [7, 11) is -0.515. The number of amides is 1. The lowest BCUT2D eigenvalue weighted by Gasteiger charge is -2.20. The van der Waals surface area contributed by atoms with Gasteiger partial charge in [0.2, 0.25) is 15.9 Å². The maximum absolute atomic E-state index is 12.7. The molecule has 0 bridgehead atoms. The molecule has 0 fully saturated rings. The Balaban J connectivity index is 1.70. The molecule has 0 unspecified atom stereocenters. The topological polar surface area (TPSA) is 84.9 Å². The van der Waals surface area contributed by atoms with Crippen molar-refractivity contribution in [3.63, 3.8) is 0 Å². The van der Waals surface area contributed by atoms with Gasteiger partial charge in [0.1, 0.15) is 0 Å². The Bertz CT molecular complexity index is 1020. The highest BCUT2D eigenvalue weighted by Crippen LogP contribution is 2.34. The van der Waals surface area contributed by atoms with E-state index in [1.807, 2.05) is 19.1 Å². The predicted molar refractivity (Wildman–Crippen MR) is 111 cm³/mol. The van der Waals surface area contributed by atoms with Crippen LogP contribution in [0.15, 0.2) is 41.3 Å². The number of hydrogen-bond donors (Lipinski definition) is 1. The molecule has 1 heterocycles. The second-order valence-electron chi connectivity index (χ2n) is 7.07. The van der Waals surface area contributed by atoms with Crippen LogP contribution in [0.25, 0.3) is 0 Å². The average molecular weight is 419 g/mol. The second-order valence-corrected chi connectivity index (χ2v) is 8.84. The Kier molecular flexibility index (Phi) is 6.14. The molecule has 0 aliphatic carbocycles. The van der Waals surface area contributed by atoms with Crippen molar-refractivity contribution in [2.45, 2.75) is 37.6 Å². The van der Waals surface area contributed by atoms with E-state index in [0.717, 1.165) is 16.8 Å². The van der Waals surface area contributed by atoms with E-state index in [0.29, 0.717) is 24.3 Å². The first-order chi connectivity index (χ1) is 13.8. The zero-order chi connectivity index (χ0) is 21.2. The molecule has 29 heavy (non-hydrogen) atoms. The molecule has 1 N–H and O–H groups in total. The van der Waals surface area contributed by atoms with E-state index >= 15 is 0 Å². The summed E-state index contributed by atoms with van der Waals surface area (Å²) >= 11 is 0. The molecular weight excluding hydrogens is 392 g/mol. The molecule has 1 atom stereocenters. The fourth-order valence-electron chi connectivity index (χ4n) is 3.70. The van der Waals surface area contributed by atoms with Gasteiger partial charge >= 0.3 is 0 Å². The van der Waals surface area contributed by atoms with E-state index in [1.54, 1.807) is 43.4 Å². The van der Waals surface area contributed by atoms with Crippen molar-refractivity contribution in [2.24, 2.45) is 0 Å². The number of carbonyl (C=O) groups excluding carboxylic acids is 1. The predicted octanol–water partition coefficient (Wildman–Crippen LogP) is 2.52. The van der Waals surface area contributed by atoms with Crippen molar-refractivity contribution in [1.82, 2.24) is 4.72 Å². The lowest BCUT2D eigenvalue weighted by Crippen LogP contribution is -2.33. The third-order valence-electron chi connectivity index (χ3n) is 5.07. The standard InChI is InChI=1S/C21H26N2O5S/c1-14-11-17-13-18(6-7-19(17)23(14)15(2)24)29(25,26)22-10-9-16-5-8-20(27-3)21(12-16)28-4/h5-8,12-14,22H,9-11H2,1-4H3/t14-/m1/s1. The second kappa shape index (κ2) is 8.42. The Labute approximate surface area is 171 Å². The van der Waals surface area contributed by atoms with Gasteiger partial charge in [-0.15, -0.1) is 0 Å². The van der Waals surface area contributed by atoms with Crippen LogP contribution in [0.5, 0.6) is 11.5 Å². The van der Waals surface area contributed by atoms with Crippen molar-refractivity contribution in [3.8, 4) is 11.5 Å². The molecule has 7 nitrogen and oxygen atoms in total. The molecule has 0 aromatic heterocycles. The summed E-state index contributed by atoms with van der Waals surface area (Å²) in [6.07, 6.45) is 1.16. The van der Waals surface area contributed by atoms with Crippen molar-refractivity contribution in [1.29, 1.82) is 0 Å². The first-order valence-electron chi connectivity index (χ1n) is 9.40. The van der Waals surface area contributed by atoms with E-state index < -0.39 is 10.0 Å². The Hall–Kier alpha value is -2.58. The molecule has 0 spiro atoms. The van der Waals surface area contributed by atoms with Crippen molar-refractivity contribution < 1.29 is 22.7 Å². The number of ether oxygens (including phenoxy) is 2. The number of nitrogens with zero attached hydrogens (tertiary/aromatic N) is 1. The molecule has 0 radical (unpaired) electrons. The van der Waals surface area contributed by atoms with Gasteiger partial charge in [-0.05, 0) is 61.2 Å². The van der Waals surface area contributed by atoms with E-state index in [-0.39, 0.29) is 23.4 Å². The number of sulfonamides is 1. The largest absolute Gasteiger partial charge is 0.493 e.